The maximum absolute atomic E-state index is 12.1. The van der Waals surface area contributed by atoms with E-state index in [1.807, 2.05) is 73.7 Å². The van der Waals surface area contributed by atoms with Gasteiger partial charge in [-0.1, -0.05) is 42.5 Å². The van der Waals surface area contributed by atoms with Crippen LogP contribution in [0.1, 0.15) is 16.7 Å². The monoisotopic (exact) mass is 417 g/mol. The molecule has 3 rings (SSSR count). The zero-order chi connectivity index (χ0) is 21.9. The van der Waals surface area contributed by atoms with E-state index in [0.29, 0.717) is 18.0 Å². The van der Waals surface area contributed by atoms with Crippen molar-refractivity contribution in [2.75, 3.05) is 25.7 Å². The highest BCUT2D eigenvalue weighted by Crippen LogP contribution is 2.27. The van der Waals surface area contributed by atoms with Crippen LogP contribution in [0.15, 0.2) is 77.9 Å². The molecule has 0 spiro atoms. The van der Waals surface area contributed by atoms with Gasteiger partial charge in [0.1, 0.15) is 0 Å². The molecule has 0 unspecified atom stereocenters. The first-order chi connectivity index (χ1) is 15.1. The van der Waals surface area contributed by atoms with Crippen molar-refractivity contribution in [3.8, 4) is 11.5 Å². The summed E-state index contributed by atoms with van der Waals surface area (Å²) in [5, 5.41) is 7.12. The Balaban J connectivity index is 1.48. The lowest BCUT2D eigenvalue weighted by Crippen LogP contribution is -2.30. The predicted molar refractivity (Wildman–Crippen MR) is 124 cm³/mol. The Bertz CT molecular complexity index is 1020. The Morgan fingerprint density at radius 1 is 1.00 bits per heavy atom. The van der Waals surface area contributed by atoms with Crippen molar-refractivity contribution in [1.29, 1.82) is 0 Å². The highest BCUT2D eigenvalue weighted by Gasteiger charge is 2.08. The van der Waals surface area contributed by atoms with Gasteiger partial charge < -0.3 is 14.8 Å². The first-order valence-corrected chi connectivity index (χ1v) is 10.1. The molecule has 0 radical (unpaired) electrons. The number of anilines is 1. The summed E-state index contributed by atoms with van der Waals surface area (Å²) < 4.78 is 11.0. The third-order valence-electron chi connectivity index (χ3n) is 4.55. The number of hydrogen-bond donors (Lipinski definition) is 2. The lowest BCUT2D eigenvalue weighted by Gasteiger charge is -2.11. The molecule has 0 aliphatic rings. The second-order valence-corrected chi connectivity index (χ2v) is 7.02. The highest BCUT2D eigenvalue weighted by atomic mass is 16.5. The van der Waals surface area contributed by atoms with Gasteiger partial charge in [0.05, 0.1) is 19.0 Å². The third-order valence-corrected chi connectivity index (χ3v) is 4.55. The molecule has 0 heterocycles. The van der Waals surface area contributed by atoms with Crippen molar-refractivity contribution in [2.24, 2.45) is 5.10 Å². The summed E-state index contributed by atoms with van der Waals surface area (Å²) in [6, 6.07) is 23.4. The molecule has 0 atom stereocenters. The maximum Gasteiger partial charge on any atom is 0.257 e. The Morgan fingerprint density at radius 2 is 1.84 bits per heavy atom. The Morgan fingerprint density at radius 3 is 2.61 bits per heavy atom. The maximum atomic E-state index is 12.1. The van der Waals surface area contributed by atoms with Gasteiger partial charge in [0, 0.05) is 6.54 Å². The minimum atomic E-state index is -0.175. The number of amides is 1. The van der Waals surface area contributed by atoms with Crippen LogP contribution in [0.25, 0.3) is 0 Å². The first kappa shape index (κ1) is 21.9. The number of rotatable bonds is 10. The fourth-order valence-electron chi connectivity index (χ4n) is 2.96. The number of hydrazone groups is 1. The average molecular weight is 418 g/mol. The number of nitrogens with one attached hydrogen (secondary N) is 2. The summed E-state index contributed by atoms with van der Waals surface area (Å²) in [6.45, 7) is 2.52. The number of nitrogens with zero attached hydrogens (tertiary/aromatic N) is 1. The fraction of sp³-hybridized carbons (Fsp3) is 0.200. The fourth-order valence-corrected chi connectivity index (χ4v) is 2.96. The van der Waals surface area contributed by atoms with Gasteiger partial charge in [0.15, 0.2) is 18.1 Å². The van der Waals surface area contributed by atoms with E-state index in [1.54, 1.807) is 19.4 Å². The molecule has 6 heteroatoms. The van der Waals surface area contributed by atoms with Gasteiger partial charge in [-0.3, -0.25) is 10.2 Å². The molecule has 1 amide bonds. The van der Waals surface area contributed by atoms with E-state index in [9.17, 15) is 4.79 Å². The molecule has 31 heavy (non-hydrogen) atoms. The highest BCUT2D eigenvalue weighted by molar-refractivity contribution is 5.82. The zero-order valence-electron chi connectivity index (χ0n) is 17.8. The quantitative estimate of drug-likeness (QED) is 0.383. The van der Waals surface area contributed by atoms with Crippen LogP contribution in [0.5, 0.6) is 11.5 Å². The molecule has 2 N–H and O–H groups in total. The van der Waals surface area contributed by atoms with Crippen LogP contribution in [-0.4, -0.2) is 32.4 Å². The molecule has 6 nitrogen and oxygen atoms in total. The van der Waals surface area contributed by atoms with E-state index < -0.39 is 0 Å². The first-order valence-electron chi connectivity index (χ1n) is 10.1. The Kier molecular flexibility index (Phi) is 8.05. The van der Waals surface area contributed by atoms with E-state index in [-0.39, 0.29) is 12.5 Å². The number of carbonyl (C=O) groups excluding carboxylic acids is 1. The molecule has 0 bridgehead atoms. The van der Waals surface area contributed by atoms with Crippen molar-refractivity contribution in [3.05, 3.63) is 89.5 Å². The number of aryl methyl sites for hydroxylation is 1. The van der Waals surface area contributed by atoms with Crippen molar-refractivity contribution in [3.63, 3.8) is 0 Å². The van der Waals surface area contributed by atoms with Gasteiger partial charge in [0.25, 0.3) is 5.91 Å². The summed E-state index contributed by atoms with van der Waals surface area (Å²) in [6.07, 6.45) is 2.48. The van der Waals surface area contributed by atoms with Crippen molar-refractivity contribution in [2.45, 2.75) is 13.3 Å². The summed E-state index contributed by atoms with van der Waals surface area (Å²) in [4.78, 5) is 12.1. The Hall–Kier alpha value is -3.80. The van der Waals surface area contributed by atoms with Crippen LogP contribution in [0.4, 0.5) is 5.69 Å². The van der Waals surface area contributed by atoms with E-state index in [2.05, 4.69) is 15.8 Å². The second-order valence-electron chi connectivity index (χ2n) is 7.02. The molecule has 0 fully saturated rings. The molecule has 0 saturated carbocycles. The number of methoxy groups -OCH3 is 1. The standard InChI is InChI=1S/C25H27N3O3/c1-19-7-6-10-22(15-19)28-27-17-21-11-12-23(24(16-21)30-2)31-18-25(29)26-14-13-20-8-4-3-5-9-20/h3-12,15-17,28H,13-14,18H2,1-2H3,(H,26,29)/b27-17+. The summed E-state index contributed by atoms with van der Waals surface area (Å²) in [5.41, 5.74) is 7.10. The van der Waals surface area contributed by atoms with Crippen molar-refractivity contribution < 1.29 is 14.3 Å². The molecule has 0 aliphatic carbocycles. The van der Waals surface area contributed by atoms with E-state index in [4.69, 9.17) is 9.47 Å². The topological polar surface area (TPSA) is 71.9 Å². The van der Waals surface area contributed by atoms with E-state index >= 15 is 0 Å². The average Bonchev–Trinajstić information content (AvgIpc) is 2.79. The zero-order valence-corrected chi connectivity index (χ0v) is 17.8. The van der Waals surface area contributed by atoms with Gasteiger partial charge in [-0.2, -0.15) is 5.10 Å². The van der Waals surface area contributed by atoms with Gasteiger partial charge in [-0.15, -0.1) is 0 Å². The van der Waals surface area contributed by atoms with Gasteiger partial charge in [0.2, 0.25) is 0 Å². The molecule has 3 aromatic rings. The summed E-state index contributed by atoms with van der Waals surface area (Å²) in [5.74, 6) is 0.868. The lowest BCUT2D eigenvalue weighted by atomic mass is 10.1. The van der Waals surface area contributed by atoms with Crippen LogP contribution < -0.4 is 20.2 Å². The molecule has 160 valence electrons. The largest absolute Gasteiger partial charge is 0.493 e. The second kappa shape index (κ2) is 11.4. The molecular formula is C25H27N3O3. The molecule has 0 saturated heterocycles. The molecule has 3 aromatic carbocycles. The van der Waals surface area contributed by atoms with Crippen molar-refractivity contribution in [1.82, 2.24) is 5.32 Å². The minimum Gasteiger partial charge on any atom is -0.493 e. The third kappa shape index (κ3) is 7.19. The molecule has 0 aromatic heterocycles. The molecular weight excluding hydrogens is 390 g/mol. The van der Waals surface area contributed by atoms with E-state index in [1.165, 1.54) is 5.56 Å². The summed E-state index contributed by atoms with van der Waals surface area (Å²) in [7, 11) is 1.56. The van der Waals surface area contributed by atoms with Crippen molar-refractivity contribution >= 4 is 17.8 Å². The normalized spacial score (nSPS) is 10.6. The van der Waals surface area contributed by atoms with Crippen LogP contribution >= 0.6 is 0 Å². The number of carbonyl (C=O) groups is 1. The van der Waals surface area contributed by atoms with Gasteiger partial charge in [-0.05, 0) is 60.4 Å². The van der Waals surface area contributed by atoms with Crippen LogP contribution in [-0.2, 0) is 11.2 Å². The van der Waals surface area contributed by atoms with Crippen LogP contribution in [0.3, 0.4) is 0 Å². The van der Waals surface area contributed by atoms with Crippen LogP contribution in [0.2, 0.25) is 0 Å². The number of ether oxygens (including phenoxy) is 2. The SMILES string of the molecule is COc1cc(/C=N/Nc2cccc(C)c2)ccc1OCC(=O)NCCc1ccccc1. The molecule has 0 aliphatic heterocycles. The van der Waals surface area contributed by atoms with Gasteiger partial charge in [-0.25, -0.2) is 0 Å². The number of hydrogen-bond acceptors (Lipinski definition) is 5. The van der Waals surface area contributed by atoms with E-state index in [0.717, 1.165) is 23.2 Å². The lowest BCUT2D eigenvalue weighted by molar-refractivity contribution is -0.123. The predicted octanol–water partition coefficient (Wildman–Crippen LogP) is 4.19. The minimum absolute atomic E-state index is 0.0759. The summed E-state index contributed by atoms with van der Waals surface area (Å²) >= 11 is 0. The van der Waals surface area contributed by atoms with Crippen LogP contribution in [0, 0.1) is 6.92 Å². The smallest absolute Gasteiger partial charge is 0.257 e. The van der Waals surface area contributed by atoms with Gasteiger partial charge >= 0.3 is 0 Å². The Labute approximate surface area is 182 Å². The number of benzene rings is 3.